The molecule has 1 aliphatic heterocycles. The fraction of sp³-hybridized carbons (Fsp3) is 0. The van der Waals surface area contributed by atoms with Crippen molar-refractivity contribution in [3.63, 3.8) is 0 Å². The van der Waals surface area contributed by atoms with Gasteiger partial charge in [0, 0.05) is 9.82 Å². The molecule has 0 saturated carbocycles. The Morgan fingerprint density at radius 1 is 0.882 bits per heavy atom. The van der Waals surface area contributed by atoms with Crippen LogP contribution in [0.1, 0.15) is 0 Å². The van der Waals surface area contributed by atoms with E-state index < -0.39 is 42.6 Å². The lowest BCUT2D eigenvalue weighted by molar-refractivity contribution is -0.115. The standard InChI is InChI=1S/C6N6O4S/c7-11-9-1-2(10-12-8)4(14)6-5(3(1)13)17(6,15)16. The Bertz CT molecular complexity index is 687. The van der Waals surface area contributed by atoms with Crippen LogP contribution in [0.5, 0.6) is 0 Å². The summed E-state index contributed by atoms with van der Waals surface area (Å²) in [4.78, 5) is 26.2. The van der Waals surface area contributed by atoms with Gasteiger partial charge in [0.1, 0.15) is 9.81 Å². The highest BCUT2D eigenvalue weighted by Crippen LogP contribution is 2.45. The number of allylic oxidation sites excluding steroid dienone is 2. The molecule has 11 heteroatoms. The Labute approximate surface area is 92.4 Å². The molecule has 0 N–H and O–H groups in total. The first-order chi connectivity index (χ1) is 7.96. The third-order valence-corrected chi connectivity index (χ3v) is 3.71. The summed E-state index contributed by atoms with van der Waals surface area (Å²) in [5.41, 5.74) is 14.8. The third-order valence-electron chi connectivity index (χ3n) is 2.06. The van der Waals surface area contributed by atoms with Gasteiger partial charge in [-0.15, -0.1) is 0 Å². The minimum Gasteiger partial charge on any atom is -0.288 e. The van der Waals surface area contributed by atoms with Crippen LogP contribution in [0.25, 0.3) is 20.9 Å². The SMILES string of the molecule is [N-]=[N+]=NC1=C(N=[N+]=[N-])C(=O)C2=C(C1=O)S2(=O)=O. The van der Waals surface area contributed by atoms with Gasteiger partial charge in [-0.1, -0.05) is 10.2 Å². The quantitative estimate of drug-likeness (QED) is 0.304. The van der Waals surface area contributed by atoms with Crippen molar-refractivity contribution in [2.45, 2.75) is 0 Å². The summed E-state index contributed by atoms with van der Waals surface area (Å²) in [6.07, 6.45) is 0. The lowest BCUT2D eigenvalue weighted by Crippen LogP contribution is -2.11. The zero-order valence-electron chi connectivity index (χ0n) is 7.72. The molecule has 0 aromatic rings. The molecule has 0 bridgehead atoms. The molecule has 2 rings (SSSR count). The summed E-state index contributed by atoms with van der Waals surface area (Å²) < 4.78 is 22.4. The van der Waals surface area contributed by atoms with Crippen LogP contribution in [0.2, 0.25) is 0 Å². The monoisotopic (exact) mass is 252 g/mol. The number of hydrogen-bond acceptors (Lipinski definition) is 6. The second-order valence-corrected chi connectivity index (χ2v) is 4.72. The van der Waals surface area contributed by atoms with Crippen molar-refractivity contribution in [1.29, 1.82) is 0 Å². The van der Waals surface area contributed by atoms with E-state index in [0.29, 0.717) is 0 Å². The van der Waals surface area contributed by atoms with E-state index in [2.05, 4.69) is 20.1 Å². The van der Waals surface area contributed by atoms with Crippen LogP contribution in [-0.2, 0) is 19.4 Å². The fourth-order valence-corrected chi connectivity index (χ4v) is 2.81. The first kappa shape index (κ1) is 10.9. The number of rotatable bonds is 2. The second-order valence-electron chi connectivity index (χ2n) is 2.90. The highest BCUT2D eigenvalue weighted by Gasteiger charge is 2.57. The number of nitrogens with zero attached hydrogens (tertiary/aromatic N) is 6. The van der Waals surface area contributed by atoms with Crippen molar-refractivity contribution >= 4 is 21.4 Å². The van der Waals surface area contributed by atoms with Gasteiger partial charge in [-0.3, -0.25) is 9.59 Å². The van der Waals surface area contributed by atoms with Gasteiger partial charge in [-0.2, -0.15) is 0 Å². The van der Waals surface area contributed by atoms with Crippen LogP contribution >= 0.6 is 0 Å². The first-order valence-electron chi connectivity index (χ1n) is 3.90. The molecule has 0 atom stereocenters. The maximum absolute atomic E-state index is 11.5. The summed E-state index contributed by atoms with van der Waals surface area (Å²) in [5, 5.41) is 5.77. The van der Waals surface area contributed by atoms with Crippen LogP contribution in [0.15, 0.2) is 31.4 Å². The molecule has 0 amide bonds. The molecule has 84 valence electrons. The summed E-state index contributed by atoms with van der Waals surface area (Å²) >= 11 is 0. The topological polar surface area (TPSA) is 166 Å². The summed E-state index contributed by atoms with van der Waals surface area (Å²) in [6, 6.07) is 0. The number of carbonyl (C=O) groups is 2. The molecule has 10 nitrogen and oxygen atoms in total. The highest BCUT2D eigenvalue weighted by atomic mass is 32.2. The molecule has 0 spiro atoms. The van der Waals surface area contributed by atoms with E-state index in [9.17, 15) is 18.0 Å². The van der Waals surface area contributed by atoms with E-state index >= 15 is 0 Å². The van der Waals surface area contributed by atoms with Crippen LogP contribution < -0.4 is 0 Å². The van der Waals surface area contributed by atoms with Crippen molar-refractivity contribution in [2.75, 3.05) is 0 Å². The van der Waals surface area contributed by atoms with E-state index in [4.69, 9.17) is 11.1 Å². The lowest BCUT2D eigenvalue weighted by Gasteiger charge is -2.01. The van der Waals surface area contributed by atoms with E-state index in [1.165, 1.54) is 0 Å². The number of ketones is 2. The molecule has 0 aromatic carbocycles. The van der Waals surface area contributed by atoms with Crippen molar-refractivity contribution in [1.82, 2.24) is 0 Å². The molecular formula is C6N6O4S. The molecule has 1 heterocycles. The number of carbonyl (C=O) groups excluding carboxylic acids is 2. The first-order valence-corrected chi connectivity index (χ1v) is 5.38. The third kappa shape index (κ3) is 1.24. The molecule has 0 aromatic heterocycles. The number of hydrogen-bond donors (Lipinski definition) is 0. The minimum absolute atomic E-state index is 0.693. The van der Waals surface area contributed by atoms with Gasteiger partial charge in [0.05, 0.1) is 11.4 Å². The number of azide groups is 2. The Morgan fingerprint density at radius 3 is 1.53 bits per heavy atom. The predicted molar refractivity (Wildman–Crippen MR) is 51.3 cm³/mol. The molecule has 17 heavy (non-hydrogen) atoms. The van der Waals surface area contributed by atoms with Gasteiger partial charge in [-0.05, 0) is 11.1 Å². The zero-order valence-corrected chi connectivity index (χ0v) is 8.54. The predicted octanol–water partition coefficient (Wildman–Crippen LogP) is 0.610. The van der Waals surface area contributed by atoms with Crippen molar-refractivity contribution in [2.24, 2.45) is 10.2 Å². The average molecular weight is 252 g/mol. The van der Waals surface area contributed by atoms with Crippen LogP contribution in [0, 0.1) is 0 Å². The fourth-order valence-electron chi connectivity index (χ4n) is 1.35. The Hall–Kier alpha value is -2.61. The van der Waals surface area contributed by atoms with E-state index in [-0.39, 0.29) is 0 Å². The van der Waals surface area contributed by atoms with Crippen LogP contribution in [0.4, 0.5) is 0 Å². The van der Waals surface area contributed by atoms with E-state index in [0.717, 1.165) is 0 Å². The largest absolute Gasteiger partial charge is 0.288 e. The van der Waals surface area contributed by atoms with Gasteiger partial charge in [0.25, 0.3) is 0 Å². The zero-order chi connectivity index (χ0) is 12.8. The molecular weight excluding hydrogens is 252 g/mol. The molecule has 2 aliphatic rings. The van der Waals surface area contributed by atoms with Gasteiger partial charge in [0.15, 0.2) is 0 Å². The lowest BCUT2D eigenvalue weighted by atomic mass is 10.1. The minimum atomic E-state index is -4.01. The van der Waals surface area contributed by atoms with Gasteiger partial charge < -0.3 is 0 Å². The Morgan fingerprint density at radius 2 is 1.24 bits per heavy atom. The van der Waals surface area contributed by atoms with Crippen molar-refractivity contribution < 1.29 is 18.0 Å². The molecule has 1 aliphatic carbocycles. The number of Topliss-reactive ketones (excluding diaryl/α,β-unsaturated/α-hetero) is 2. The number of sulfone groups is 1. The van der Waals surface area contributed by atoms with Crippen molar-refractivity contribution in [3.8, 4) is 0 Å². The molecule has 0 unspecified atom stereocenters. The maximum Gasteiger partial charge on any atom is 0.217 e. The second kappa shape index (κ2) is 3.19. The van der Waals surface area contributed by atoms with Crippen molar-refractivity contribution in [3.05, 3.63) is 42.1 Å². The smallest absolute Gasteiger partial charge is 0.217 e. The summed E-state index contributed by atoms with van der Waals surface area (Å²) in [5.74, 6) is -2.25. The maximum atomic E-state index is 11.5. The molecule has 0 radical (unpaired) electrons. The average Bonchev–Trinajstić information content (AvgIpc) is 2.84. The van der Waals surface area contributed by atoms with Gasteiger partial charge >= 0.3 is 0 Å². The summed E-state index contributed by atoms with van der Waals surface area (Å²) in [7, 11) is -4.01. The van der Waals surface area contributed by atoms with E-state index in [1.807, 2.05) is 0 Å². The van der Waals surface area contributed by atoms with Gasteiger partial charge in [0.2, 0.25) is 21.4 Å². The van der Waals surface area contributed by atoms with E-state index in [1.54, 1.807) is 0 Å². The Kier molecular flexibility index (Phi) is 2.04. The molecule has 0 saturated heterocycles. The summed E-state index contributed by atoms with van der Waals surface area (Å²) in [6.45, 7) is 0. The highest BCUT2D eigenvalue weighted by molar-refractivity contribution is 8.08. The normalized spacial score (nSPS) is 20.5. The van der Waals surface area contributed by atoms with Crippen LogP contribution in [0.3, 0.4) is 0 Å². The molecule has 0 fully saturated rings. The Balaban J connectivity index is 2.72. The van der Waals surface area contributed by atoms with Crippen LogP contribution in [-0.4, -0.2) is 20.0 Å². The van der Waals surface area contributed by atoms with Gasteiger partial charge in [-0.25, -0.2) is 8.42 Å².